The number of pyridine rings is 2. The van der Waals surface area contributed by atoms with Crippen LogP contribution < -0.4 is 5.19 Å². The van der Waals surface area contributed by atoms with Crippen molar-refractivity contribution in [2.75, 3.05) is 19.8 Å². The lowest BCUT2D eigenvalue weighted by Gasteiger charge is -2.29. The lowest BCUT2D eigenvalue weighted by Crippen LogP contribution is -2.57. The monoisotopic (exact) mass is 386 g/mol. The molecule has 0 aliphatic heterocycles. The molecule has 2 heterocycles. The van der Waals surface area contributed by atoms with Gasteiger partial charge in [-0.1, -0.05) is 29.3 Å². The van der Waals surface area contributed by atoms with Crippen LogP contribution in [0.4, 0.5) is 0 Å². The smallest absolute Gasteiger partial charge is 0.370 e. The summed E-state index contributed by atoms with van der Waals surface area (Å²) in [6.07, 6.45) is 3.29. The molecule has 0 atom stereocenters. The Morgan fingerprint density at radius 2 is 1.54 bits per heavy atom. The average molecular weight is 387 g/mol. The number of nitrogens with zero attached hydrogens (tertiary/aromatic N) is 2. The van der Waals surface area contributed by atoms with Crippen molar-refractivity contribution in [2.24, 2.45) is 0 Å². The second-order valence-electron chi connectivity index (χ2n) is 4.72. The fraction of sp³-hybridized carbons (Fsp3) is 0.375. The van der Waals surface area contributed by atoms with Crippen LogP contribution in [0.1, 0.15) is 20.8 Å². The van der Waals surface area contributed by atoms with Gasteiger partial charge >= 0.3 is 8.80 Å². The van der Waals surface area contributed by atoms with Crippen molar-refractivity contribution in [1.82, 2.24) is 9.97 Å². The highest BCUT2D eigenvalue weighted by molar-refractivity contribution is 6.78. The van der Waals surface area contributed by atoms with E-state index < -0.39 is 8.80 Å². The van der Waals surface area contributed by atoms with Gasteiger partial charge in [0.2, 0.25) is 0 Å². The molecule has 0 spiro atoms. The topological polar surface area (TPSA) is 53.5 Å². The maximum atomic E-state index is 6.53. The van der Waals surface area contributed by atoms with Crippen molar-refractivity contribution in [2.45, 2.75) is 20.8 Å². The summed E-state index contributed by atoms with van der Waals surface area (Å²) >= 11 is 13.0. The van der Waals surface area contributed by atoms with E-state index in [0.29, 0.717) is 46.4 Å². The second kappa shape index (κ2) is 8.89. The fourth-order valence-electron chi connectivity index (χ4n) is 2.29. The summed E-state index contributed by atoms with van der Waals surface area (Å²) in [4.78, 5) is 8.70. The standard InChI is InChI=1S/C16H20Cl2N2O3Si/c1-4-21-24(22-5-2,23-6-3)13-11-20-16(15(18)14(13)17)12-9-7-8-10-19-12/h7-11H,4-6H2,1-3H3. The van der Waals surface area contributed by atoms with Crippen LogP contribution >= 0.6 is 23.2 Å². The Morgan fingerprint density at radius 3 is 2.04 bits per heavy atom. The molecule has 24 heavy (non-hydrogen) atoms. The van der Waals surface area contributed by atoms with Crippen LogP contribution in [-0.4, -0.2) is 38.6 Å². The third kappa shape index (κ3) is 3.96. The summed E-state index contributed by atoms with van der Waals surface area (Å²) in [5.41, 5.74) is 1.16. The maximum absolute atomic E-state index is 6.53. The van der Waals surface area contributed by atoms with Crippen LogP contribution in [0.2, 0.25) is 10.0 Å². The van der Waals surface area contributed by atoms with Gasteiger partial charge in [0, 0.05) is 32.2 Å². The van der Waals surface area contributed by atoms with Crippen molar-refractivity contribution in [3.63, 3.8) is 0 Å². The van der Waals surface area contributed by atoms with E-state index >= 15 is 0 Å². The normalized spacial score (nSPS) is 11.7. The molecule has 0 aliphatic rings. The number of hydrogen-bond acceptors (Lipinski definition) is 5. The summed E-state index contributed by atoms with van der Waals surface area (Å²) < 4.78 is 17.6. The summed E-state index contributed by atoms with van der Waals surface area (Å²) in [5, 5.41) is 1.21. The van der Waals surface area contributed by atoms with E-state index in [9.17, 15) is 0 Å². The molecule has 2 aromatic heterocycles. The molecule has 2 rings (SSSR count). The summed E-state index contributed by atoms with van der Waals surface area (Å²) in [6, 6.07) is 5.51. The minimum absolute atomic E-state index is 0.309. The van der Waals surface area contributed by atoms with Gasteiger partial charge in [0.1, 0.15) is 5.69 Å². The van der Waals surface area contributed by atoms with E-state index in [1.807, 2.05) is 39.0 Å². The van der Waals surface area contributed by atoms with E-state index in [1.54, 1.807) is 12.4 Å². The maximum Gasteiger partial charge on any atom is 0.540 e. The second-order valence-corrected chi connectivity index (χ2v) is 7.99. The first kappa shape index (κ1) is 19.3. The molecule has 130 valence electrons. The number of halogens is 2. The van der Waals surface area contributed by atoms with E-state index in [4.69, 9.17) is 36.5 Å². The van der Waals surface area contributed by atoms with Gasteiger partial charge in [-0.2, -0.15) is 0 Å². The van der Waals surface area contributed by atoms with Crippen LogP contribution in [0, 0.1) is 0 Å². The third-order valence-electron chi connectivity index (χ3n) is 3.20. The predicted molar refractivity (Wildman–Crippen MR) is 97.8 cm³/mol. The van der Waals surface area contributed by atoms with Crippen LogP contribution in [0.3, 0.4) is 0 Å². The highest BCUT2D eigenvalue weighted by Gasteiger charge is 2.46. The Bertz CT molecular complexity index is 657. The molecule has 0 fully saturated rings. The molecule has 0 bridgehead atoms. The van der Waals surface area contributed by atoms with E-state index in [1.165, 1.54) is 0 Å². The van der Waals surface area contributed by atoms with Crippen LogP contribution in [0.15, 0.2) is 30.6 Å². The lowest BCUT2D eigenvalue weighted by molar-refractivity contribution is 0.0859. The first-order chi connectivity index (χ1) is 11.6. The summed E-state index contributed by atoms with van der Waals surface area (Å²) in [5.74, 6) is 0. The van der Waals surface area contributed by atoms with Gasteiger partial charge in [-0.25, -0.2) is 0 Å². The number of aromatic nitrogens is 2. The van der Waals surface area contributed by atoms with E-state index in [-0.39, 0.29) is 0 Å². The average Bonchev–Trinajstić information content (AvgIpc) is 2.58. The van der Waals surface area contributed by atoms with Gasteiger partial charge in [0.15, 0.2) is 0 Å². The quantitative estimate of drug-likeness (QED) is 0.647. The zero-order valence-corrected chi connectivity index (χ0v) is 16.4. The highest BCUT2D eigenvalue weighted by Crippen LogP contribution is 2.31. The molecule has 0 N–H and O–H groups in total. The predicted octanol–water partition coefficient (Wildman–Crippen LogP) is 3.71. The van der Waals surface area contributed by atoms with E-state index in [2.05, 4.69) is 9.97 Å². The minimum Gasteiger partial charge on any atom is -0.370 e. The molecule has 0 aromatic carbocycles. The Kier molecular flexibility index (Phi) is 7.15. The SMILES string of the molecule is CCO[Si](OCC)(OCC)c1cnc(-c2ccccn2)c(Cl)c1Cl. The van der Waals surface area contributed by atoms with Crippen molar-refractivity contribution >= 4 is 37.2 Å². The third-order valence-corrected chi connectivity index (χ3v) is 7.26. The van der Waals surface area contributed by atoms with Crippen molar-refractivity contribution in [3.8, 4) is 11.4 Å². The molecule has 0 radical (unpaired) electrons. The largest absolute Gasteiger partial charge is 0.540 e. The van der Waals surface area contributed by atoms with Gasteiger partial charge in [0.25, 0.3) is 0 Å². The Hall–Kier alpha value is -1.02. The summed E-state index contributed by atoms with van der Waals surface area (Å²) in [6.45, 7) is 6.94. The first-order valence-electron chi connectivity index (χ1n) is 7.77. The molecular weight excluding hydrogens is 367 g/mol. The van der Waals surface area contributed by atoms with Gasteiger partial charge in [0.05, 0.1) is 20.9 Å². The zero-order chi connectivity index (χ0) is 17.6. The lowest BCUT2D eigenvalue weighted by atomic mass is 10.2. The molecule has 0 aliphatic carbocycles. The Morgan fingerprint density at radius 1 is 0.917 bits per heavy atom. The Labute approximate surface area is 153 Å². The van der Waals surface area contributed by atoms with Crippen LogP contribution in [0.5, 0.6) is 0 Å². The van der Waals surface area contributed by atoms with Crippen molar-refractivity contribution in [1.29, 1.82) is 0 Å². The molecular formula is C16H20Cl2N2O3Si. The molecule has 0 saturated carbocycles. The Balaban J connectivity index is 2.55. The fourth-order valence-corrected chi connectivity index (χ4v) is 5.57. The van der Waals surface area contributed by atoms with Gasteiger partial charge in [-0.05, 0) is 32.9 Å². The van der Waals surface area contributed by atoms with Crippen LogP contribution in [-0.2, 0) is 13.3 Å². The van der Waals surface area contributed by atoms with Crippen molar-refractivity contribution in [3.05, 3.63) is 40.6 Å². The number of hydrogen-bond donors (Lipinski definition) is 0. The molecule has 5 nitrogen and oxygen atoms in total. The highest BCUT2D eigenvalue weighted by atomic mass is 35.5. The molecule has 0 unspecified atom stereocenters. The first-order valence-corrected chi connectivity index (χ1v) is 10.2. The van der Waals surface area contributed by atoms with Gasteiger partial charge in [-0.3, -0.25) is 9.97 Å². The number of rotatable bonds is 8. The van der Waals surface area contributed by atoms with Crippen LogP contribution in [0.25, 0.3) is 11.4 Å². The molecule has 0 saturated heterocycles. The van der Waals surface area contributed by atoms with E-state index in [0.717, 1.165) is 0 Å². The molecule has 8 heteroatoms. The van der Waals surface area contributed by atoms with Gasteiger partial charge in [-0.15, -0.1) is 0 Å². The van der Waals surface area contributed by atoms with Crippen molar-refractivity contribution < 1.29 is 13.3 Å². The molecule has 2 aromatic rings. The van der Waals surface area contributed by atoms with Gasteiger partial charge < -0.3 is 13.3 Å². The minimum atomic E-state index is -3.17. The molecule has 0 amide bonds. The summed E-state index contributed by atoms with van der Waals surface area (Å²) in [7, 11) is -3.17. The zero-order valence-electron chi connectivity index (χ0n) is 13.9.